The number of halogens is 2. The van der Waals surface area contributed by atoms with Gasteiger partial charge in [0.25, 0.3) is 0 Å². The lowest BCUT2D eigenvalue weighted by Crippen LogP contribution is -2.34. The fourth-order valence-electron chi connectivity index (χ4n) is 7.49. The number of ether oxygens (including phenoxy) is 1. The van der Waals surface area contributed by atoms with Crippen molar-refractivity contribution in [3.05, 3.63) is 29.3 Å². The van der Waals surface area contributed by atoms with Crippen LogP contribution in [0.15, 0.2) is 12.1 Å². The largest absolute Gasteiger partial charge is 0.494 e. The lowest BCUT2D eigenvalue weighted by atomic mass is 9.60. The van der Waals surface area contributed by atoms with Gasteiger partial charge in [0.1, 0.15) is 0 Å². The third-order valence-electron chi connectivity index (χ3n) is 9.40. The van der Waals surface area contributed by atoms with Crippen molar-refractivity contribution >= 4 is 0 Å². The summed E-state index contributed by atoms with van der Waals surface area (Å²) in [6.07, 6.45) is 20.2. The van der Waals surface area contributed by atoms with E-state index in [9.17, 15) is 8.78 Å². The summed E-state index contributed by atoms with van der Waals surface area (Å²) in [6, 6.07) is 3.33. The number of hydrogen-bond donors (Lipinski definition) is 0. The molecular formula is C29H44F2O. The lowest BCUT2D eigenvalue weighted by Gasteiger charge is -2.45. The normalized spacial score (nSPS) is 33.0. The van der Waals surface area contributed by atoms with Gasteiger partial charge in [-0.2, -0.15) is 4.39 Å². The molecule has 4 unspecified atom stereocenters. The Morgan fingerprint density at radius 1 is 0.750 bits per heavy atom. The van der Waals surface area contributed by atoms with E-state index in [2.05, 4.69) is 6.92 Å². The van der Waals surface area contributed by atoms with Crippen molar-refractivity contribution in [2.75, 3.05) is 7.11 Å². The Bertz CT molecular complexity index is 724. The Labute approximate surface area is 194 Å². The van der Waals surface area contributed by atoms with E-state index in [4.69, 9.17) is 4.74 Å². The summed E-state index contributed by atoms with van der Waals surface area (Å²) >= 11 is 0. The predicted molar refractivity (Wildman–Crippen MR) is 128 cm³/mol. The van der Waals surface area contributed by atoms with E-state index in [0.717, 1.165) is 42.4 Å². The van der Waals surface area contributed by atoms with Gasteiger partial charge in [-0.15, -0.1) is 0 Å². The van der Waals surface area contributed by atoms with Gasteiger partial charge in [0.2, 0.25) is 5.82 Å². The van der Waals surface area contributed by atoms with Crippen LogP contribution < -0.4 is 4.74 Å². The van der Waals surface area contributed by atoms with Crippen LogP contribution in [0.2, 0.25) is 0 Å². The van der Waals surface area contributed by atoms with Gasteiger partial charge in [0.05, 0.1) is 7.11 Å². The molecule has 4 atom stereocenters. The Hall–Kier alpha value is -1.12. The summed E-state index contributed by atoms with van der Waals surface area (Å²) in [5, 5.41) is 0. The quantitative estimate of drug-likeness (QED) is 0.362. The maximum atomic E-state index is 14.6. The number of hydrogen-bond acceptors (Lipinski definition) is 1. The van der Waals surface area contributed by atoms with Crippen molar-refractivity contribution in [3.63, 3.8) is 0 Å². The molecule has 3 heteroatoms. The van der Waals surface area contributed by atoms with E-state index >= 15 is 0 Å². The molecule has 0 aromatic heterocycles. The van der Waals surface area contributed by atoms with E-state index < -0.39 is 11.6 Å². The molecule has 180 valence electrons. The molecular weight excluding hydrogens is 402 g/mol. The second-order valence-electron chi connectivity index (χ2n) is 11.2. The monoisotopic (exact) mass is 446 g/mol. The number of unbranched alkanes of at least 4 members (excludes halogenated alkanes) is 3. The molecule has 32 heavy (non-hydrogen) atoms. The first-order valence-electron chi connectivity index (χ1n) is 13.6. The molecule has 0 amide bonds. The molecule has 0 bridgehead atoms. The van der Waals surface area contributed by atoms with Gasteiger partial charge in [0.15, 0.2) is 11.6 Å². The molecule has 3 fully saturated rings. The van der Waals surface area contributed by atoms with Crippen molar-refractivity contribution < 1.29 is 13.5 Å². The second kappa shape index (κ2) is 11.3. The predicted octanol–water partition coefficient (Wildman–Crippen LogP) is 9.05. The molecule has 3 aliphatic carbocycles. The summed E-state index contributed by atoms with van der Waals surface area (Å²) in [4.78, 5) is 0. The zero-order valence-corrected chi connectivity index (χ0v) is 20.4. The van der Waals surface area contributed by atoms with Gasteiger partial charge in [-0.05, 0) is 105 Å². The molecule has 0 saturated heterocycles. The van der Waals surface area contributed by atoms with Crippen LogP contribution in [-0.4, -0.2) is 7.11 Å². The summed E-state index contributed by atoms with van der Waals surface area (Å²) in [5.74, 6) is 3.26. The third-order valence-corrected chi connectivity index (χ3v) is 9.40. The number of methoxy groups -OCH3 is 1. The first kappa shape index (κ1) is 24.0. The smallest absolute Gasteiger partial charge is 0.200 e. The summed E-state index contributed by atoms with van der Waals surface area (Å²) in [6.45, 7) is 2.30. The molecule has 4 rings (SSSR count). The van der Waals surface area contributed by atoms with E-state index in [0.29, 0.717) is 5.56 Å². The molecule has 3 saturated carbocycles. The third kappa shape index (κ3) is 5.50. The van der Waals surface area contributed by atoms with E-state index in [1.807, 2.05) is 0 Å². The van der Waals surface area contributed by atoms with Crippen molar-refractivity contribution in [1.82, 2.24) is 0 Å². The molecule has 0 radical (unpaired) electrons. The molecule has 0 aliphatic heterocycles. The first-order chi connectivity index (χ1) is 15.6. The zero-order chi connectivity index (χ0) is 22.5. The Balaban J connectivity index is 1.24. The summed E-state index contributed by atoms with van der Waals surface area (Å²) in [7, 11) is 1.39. The standard InChI is InChI=1S/C29H44F2O/c1-3-4-5-6-7-20-8-9-25-19-24(15-14-23(25)18-20)21-10-12-22(13-11-21)26-16-17-27(32-2)29(31)28(26)30/h16-17,20-25H,3-15,18-19H2,1-2H3. The summed E-state index contributed by atoms with van der Waals surface area (Å²) in [5.41, 5.74) is 0.558. The molecule has 0 spiro atoms. The minimum atomic E-state index is -0.827. The van der Waals surface area contributed by atoms with Gasteiger partial charge < -0.3 is 4.74 Å². The van der Waals surface area contributed by atoms with Crippen LogP contribution in [0, 0.1) is 41.2 Å². The van der Waals surface area contributed by atoms with E-state index in [1.54, 1.807) is 12.1 Å². The number of fused-ring (bicyclic) bond motifs is 1. The SMILES string of the molecule is CCCCCCC1CCC2CC(C3CCC(c4ccc(OC)c(F)c4F)CC3)CCC2C1. The van der Waals surface area contributed by atoms with Crippen molar-refractivity contribution in [3.8, 4) is 5.75 Å². The van der Waals surface area contributed by atoms with Crippen LogP contribution in [0.1, 0.15) is 115 Å². The summed E-state index contributed by atoms with van der Waals surface area (Å²) < 4.78 is 33.7. The highest BCUT2D eigenvalue weighted by molar-refractivity contribution is 5.33. The van der Waals surface area contributed by atoms with Crippen LogP contribution >= 0.6 is 0 Å². The molecule has 1 aromatic carbocycles. The fourth-order valence-corrected chi connectivity index (χ4v) is 7.49. The molecule has 0 N–H and O–H groups in total. The van der Waals surface area contributed by atoms with Gasteiger partial charge in [-0.1, -0.05) is 51.5 Å². The fraction of sp³-hybridized carbons (Fsp3) is 0.793. The van der Waals surface area contributed by atoms with Crippen LogP contribution in [0.5, 0.6) is 5.75 Å². The molecule has 0 heterocycles. The Morgan fingerprint density at radius 2 is 1.41 bits per heavy atom. The molecule has 3 aliphatic rings. The Morgan fingerprint density at radius 3 is 2.12 bits per heavy atom. The molecule has 1 nitrogen and oxygen atoms in total. The first-order valence-corrected chi connectivity index (χ1v) is 13.6. The second-order valence-corrected chi connectivity index (χ2v) is 11.2. The van der Waals surface area contributed by atoms with Gasteiger partial charge in [0, 0.05) is 0 Å². The Kier molecular flexibility index (Phi) is 8.51. The number of benzene rings is 1. The van der Waals surface area contributed by atoms with Crippen molar-refractivity contribution in [2.45, 2.75) is 109 Å². The van der Waals surface area contributed by atoms with Crippen LogP contribution in [0.4, 0.5) is 8.78 Å². The van der Waals surface area contributed by atoms with E-state index in [1.165, 1.54) is 90.6 Å². The minimum absolute atomic E-state index is 0.00683. The van der Waals surface area contributed by atoms with Gasteiger partial charge in [-0.3, -0.25) is 0 Å². The van der Waals surface area contributed by atoms with Crippen LogP contribution in [0.3, 0.4) is 0 Å². The van der Waals surface area contributed by atoms with Gasteiger partial charge in [-0.25, -0.2) is 4.39 Å². The lowest BCUT2D eigenvalue weighted by molar-refractivity contribution is 0.0612. The van der Waals surface area contributed by atoms with Crippen LogP contribution in [0.25, 0.3) is 0 Å². The maximum absolute atomic E-state index is 14.6. The highest BCUT2D eigenvalue weighted by Crippen LogP contribution is 2.50. The van der Waals surface area contributed by atoms with Crippen LogP contribution in [-0.2, 0) is 0 Å². The van der Waals surface area contributed by atoms with Crippen molar-refractivity contribution in [1.29, 1.82) is 0 Å². The topological polar surface area (TPSA) is 9.23 Å². The maximum Gasteiger partial charge on any atom is 0.200 e. The zero-order valence-electron chi connectivity index (χ0n) is 20.4. The highest BCUT2D eigenvalue weighted by atomic mass is 19.2. The average molecular weight is 447 g/mol. The van der Waals surface area contributed by atoms with Gasteiger partial charge >= 0.3 is 0 Å². The number of rotatable bonds is 8. The van der Waals surface area contributed by atoms with E-state index in [-0.39, 0.29) is 11.7 Å². The molecule has 1 aromatic rings. The minimum Gasteiger partial charge on any atom is -0.494 e. The van der Waals surface area contributed by atoms with Crippen molar-refractivity contribution in [2.24, 2.45) is 29.6 Å². The average Bonchev–Trinajstić information content (AvgIpc) is 2.83. The highest BCUT2D eigenvalue weighted by Gasteiger charge is 2.39.